The van der Waals surface area contributed by atoms with Crippen LogP contribution in [-0.2, 0) is 7.05 Å². The van der Waals surface area contributed by atoms with Crippen LogP contribution >= 0.6 is 0 Å². The van der Waals surface area contributed by atoms with Crippen LogP contribution in [0.2, 0.25) is 0 Å². The molecule has 0 unspecified atom stereocenters. The van der Waals surface area contributed by atoms with E-state index in [0.717, 1.165) is 12.0 Å². The Labute approximate surface area is 188 Å². The zero-order valence-electron chi connectivity index (χ0n) is 18.4. The number of pyridine rings is 3. The Hall–Kier alpha value is -4.08. The summed E-state index contributed by atoms with van der Waals surface area (Å²) in [6.07, 6.45) is 9.34. The maximum Gasteiger partial charge on any atom is 0.260 e. The monoisotopic (exact) mass is 447 g/mol. The number of hydrogen-bond acceptors (Lipinski definition) is 6. The Morgan fingerprint density at radius 2 is 2.00 bits per heavy atom. The molecule has 0 aliphatic heterocycles. The van der Waals surface area contributed by atoms with Crippen molar-refractivity contribution in [2.75, 3.05) is 6.61 Å². The average molecular weight is 447 g/mol. The van der Waals surface area contributed by atoms with Crippen molar-refractivity contribution in [3.8, 4) is 16.9 Å². The van der Waals surface area contributed by atoms with Gasteiger partial charge in [-0.1, -0.05) is 6.92 Å². The average Bonchev–Trinajstić information content (AvgIpc) is 3.44. The van der Waals surface area contributed by atoms with E-state index in [1.54, 1.807) is 63.8 Å². The molecule has 0 spiro atoms. The third-order valence-corrected chi connectivity index (χ3v) is 5.54. The highest BCUT2D eigenvalue weighted by Crippen LogP contribution is 2.25. The van der Waals surface area contributed by atoms with Crippen LogP contribution in [0.4, 0.5) is 4.39 Å². The molecule has 33 heavy (non-hydrogen) atoms. The molecule has 1 atom stereocenters. The summed E-state index contributed by atoms with van der Waals surface area (Å²) >= 11 is 0. The first-order valence-electron chi connectivity index (χ1n) is 10.6. The van der Waals surface area contributed by atoms with Crippen molar-refractivity contribution in [3.63, 3.8) is 0 Å². The van der Waals surface area contributed by atoms with Crippen molar-refractivity contribution in [1.29, 1.82) is 0 Å². The fraction of sp³-hybridized carbons (Fsp3) is 0.261. The molecule has 5 heterocycles. The summed E-state index contributed by atoms with van der Waals surface area (Å²) < 4.78 is 25.2. The van der Waals surface area contributed by atoms with Crippen LogP contribution in [0.3, 0.4) is 0 Å². The minimum atomic E-state index is -0.513. The lowest BCUT2D eigenvalue weighted by Crippen LogP contribution is -2.25. The van der Waals surface area contributed by atoms with E-state index in [0.29, 0.717) is 34.6 Å². The summed E-state index contributed by atoms with van der Waals surface area (Å²) in [5.74, 6) is 0.473. The molecule has 5 rings (SSSR count). The number of ether oxygens (including phenoxy) is 1. The first kappa shape index (κ1) is 20.8. The molecule has 0 saturated heterocycles. The van der Waals surface area contributed by atoms with E-state index in [9.17, 15) is 9.18 Å². The fourth-order valence-corrected chi connectivity index (χ4v) is 3.83. The highest BCUT2D eigenvalue weighted by atomic mass is 19.1. The summed E-state index contributed by atoms with van der Waals surface area (Å²) in [6, 6.07) is 4.36. The molecule has 0 N–H and O–H groups in total. The molecule has 0 aliphatic carbocycles. The van der Waals surface area contributed by atoms with Crippen LogP contribution in [-0.4, -0.2) is 40.5 Å². The van der Waals surface area contributed by atoms with Crippen LogP contribution in [0.25, 0.3) is 27.7 Å². The van der Waals surface area contributed by atoms with Crippen molar-refractivity contribution >= 4 is 16.6 Å². The van der Waals surface area contributed by atoms with Gasteiger partial charge in [0, 0.05) is 36.8 Å². The Morgan fingerprint density at radius 3 is 2.76 bits per heavy atom. The molecule has 0 saturated carbocycles. The van der Waals surface area contributed by atoms with Crippen LogP contribution in [0.1, 0.15) is 32.1 Å². The molecule has 0 aliphatic rings. The minimum Gasteiger partial charge on any atom is -0.492 e. The minimum absolute atomic E-state index is 0.0928. The number of aromatic nitrogens is 7. The summed E-state index contributed by atoms with van der Waals surface area (Å²) in [7, 11) is 1.80. The van der Waals surface area contributed by atoms with Gasteiger partial charge in [-0.05, 0) is 31.5 Å². The zero-order valence-corrected chi connectivity index (χ0v) is 18.4. The van der Waals surface area contributed by atoms with E-state index in [4.69, 9.17) is 4.74 Å². The second-order valence-electron chi connectivity index (χ2n) is 7.89. The van der Waals surface area contributed by atoms with Crippen molar-refractivity contribution in [3.05, 3.63) is 71.2 Å². The molecule has 5 aromatic heterocycles. The maximum absolute atomic E-state index is 14.8. The summed E-state index contributed by atoms with van der Waals surface area (Å²) in [4.78, 5) is 17.6. The lowest BCUT2D eigenvalue weighted by Gasteiger charge is -2.15. The normalized spacial score (nSPS) is 12.5. The molecule has 168 valence electrons. The number of nitrogens with zero attached hydrogens (tertiary/aromatic N) is 7. The molecule has 0 radical (unpaired) electrons. The molecule has 9 nitrogen and oxygen atoms in total. The predicted molar refractivity (Wildman–Crippen MR) is 121 cm³/mol. The number of halogens is 1. The topological polar surface area (TPSA) is 92.1 Å². The first-order chi connectivity index (χ1) is 16.0. The Kier molecular flexibility index (Phi) is 5.12. The number of hydrogen-bond donors (Lipinski definition) is 0. The fourth-order valence-electron chi connectivity index (χ4n) is 3.83. The van der Waals surface area contributed by atoms with E-state index >= 15 is 0 Å². The van der Waals surface area contributed by atoms with E-state index in [-0.39, 0.29) is 11.2 Å². The van der Waals surface area contributed by atoms with E-state index in [2.05, 4.69) is 20.3 Å². The predicted octanol–water partition coefficient (Wildman–Crippen LogP) is 3.38. The molecule has 5 aromatic rings. The van der Waals surface area contributed by atoms with Gasteiger partial charge in [0.1, 0.15) is 5.75 Å². The van der Waals surface area contributed by atoms with Gasteiger partial charge in [0.15, 0.2) is 17.3 Å². The summed E-state index contributed by atoms with van der Waals surface area (Å²) in [5, 5.41) is 12.8. The van der Waals surface area contributed by atoms with Crippen molar-refractivity contribution in [2.24, 2.45) is 7.05 Å². The first-order valence-corrected chi connectivity index (χ1v) is 10.6. The molecule has 10 heteroatoms. The van der Waals surface area contributed by atoms with Crippen molar-refractivity contribution < 1.29 is 9.13 Å². The van der Waals surface area contributed by atoms with Gasteiger partial charge in [-0.15, -0.1) is 10.2 Å². The Bertz CT molecular complexity index is 1540. The van der Waals surface area contributed by atoms with Gasteiger partial charge in [0.25, 0.3) is 5.56 Å². The van der Waals surface area contributed by atoms with Crippen LogP contribution in [0.5, 0.6) is 5.75 Å². The summed E-state index contributed by atoms with van der Waals surface area (Å²) in [5.41, 5.74) is 1.82. The van der Waals surface area contributed by atoms with Crippen LogP contribution in [0.15, 0.2) is 54.0 Å². The van der Waals surface area contributed by atoms with Crippen LogP contribution in [0, 0.1) is 5.82 Å². The molecular formula is C23H22FN7O2. The lowest BCUT2D eigenvalue weighted by atomic mass is 10.1. The molecule has 0 amide bonds. The highest BCUT2D eigenvalue weighted by molar-refractivity contribution is 5.78. The lowest BCUT2D eigenvalue weighted by molar-refractivity contribution is 0.316. The standard InChI is InChI=1S/C23H22FN7O2/c1-4-7-33-17-9-18-20(25-11-17)5-6-30(23(18)32)14(2)21-27-28-22-19(24)8-15(13-31(21)22)16-10-26-29(3)12-16/h5-6,8-14H,4,7H2,1-3H3/t14-/m1/s1. The van der Waals surface area contributed by atoms with Gasteiger partial charge in [-0.25, -0.2) is 4.39 Å². The molecule has 0 bridgehead atoms. The van der Waals surface area contributed by atoms with Crippen molar-refractivity contribution in [2.45, 2.75) is 26.3 Å². The second kappa shape index (κ2) is 8.12. The van der Waals surface area contributed by atoms with Gasteiger partial charge in [-0.2, -0.15) is 5.10 Å². The molecule has 0 fully saturated rings. The van der Waals surface area contributed by atoms with Crippen LogP contribution < -0.4 is 10.3 Å². The Balaban J connectivity index is 1.61. The second-order valence-corrected chi connectivity index (χ2v) is 7.89. The Morgan fingerprint density at radius 1 is 1.15 bits per heavy atom. The summed E-state index contributed by atoms with van der Waals surface area (Å²) in [6.45, 7) is 4.37. The highest BCUT2D eigenvalue weighted by Gasteiger charge is 2.20. The number of aryl methyl sites for hydroxylation is 1. The SMILES string of the molecule is CCCOc1cnc2ccn([C@H](C)c3nnc4c(F)cc(-c5cnn(C)c5)cn34)c(=O)c2c1. The third kappa shape index (κ3) is 3.63. The molecule has 0 aromatic carbocycles. The van der Waals surface area contributed by atoms with Crippen molar-refractivity contribution in [1.82, 2.24) is 33.9 Å². The van der Waals surface area contributed by atoms with E-state index in [1.165, 1.54) is 6.07 Å². The zero-order chi connectivity index (χ0) is 23.1. The van der Waals surface area contributed by atoms with Gasteiger partial charge in [-0.3, -0.25) is 18.9 Å². The van der Waals surface area contributed by atoms with Gasteiger partial charge in [0.2, 0.25) is 0 Å². The largest absolute Gasteiger partial charge is 0.492 e. The number of fused-ring (bicyclic) bond motifs is 2. The number of rotatable bonds is 6. The van der Waals surface area contributed by atoms with E-state index < -0.39 is 11.9 Å². The van der Waals surface area contributed by atoms with E-state index in [1.807, 2.05) is 13.8 Å². The molecular weight excluding hydrogens is 425 g/mol. The third-order valence-electron chi connectivity index (χ3n) is 5.54. The smallest absolute Gasteiger partial charge is 0.260 e. The maximum atomic E-state index is 14.8. The van der Waals surface area contributed by atoms with Gasteiger partial charge in [0.05, 0.1) is 35.9 Å². The van der Waals surface area contributed by atoms with Gasteiger partial charge < -0.3 is 9.30 Å². The van der Waals surface area contributed by atoms with Gasteiger partial charge >= 0.3 is 0 Å². The quantitative estimate of drug-likeness (QED) is 0.396.